The maximum Gasteiger partial charge on any atom is 1.00 e. The number of hydrogen-bond donors (Lipinski definition) is 1. The summed E-state index contributed by atoms with van der Waals surface area (Å²) in [5, 5.41) is 9.74. The molecule has 1 N–H and O–H groups in total. The van der Waals surface area contributed by atoms with Gasteiger partial charge in [0.15, 0.2) is 4.93 Å². The Kier molecular flexibility index (Phi) is 3.84. The Hall–Kier alpha value is 0.0200. The molecule has 1 atom stereocenters. The topological polar surface area (TPSA) is 77.4 Å². The molecule has 4 nitrogen and oxygen atoms in total. The first-order chi connectivity index (χ1) is 6.86. The summed E-state index contributed by atoms with van der Waals surface area (Å²) >= 11 is 0. The molecule has 1 aliphatic carbocycles. The van der Waals surface area contributed by atoms with Crippen LogP contribution in [-0.4, -0.2) is 18.1 Å². The predicted molar refractivity (Wildman–Crippen MR) is 48.3 cm³/mol. The fraction of sp³-hybridized carbons (Fsp3) is 0.333. The molecule has 0 amide bonds. The predicted octanol–water partition coefficient (Wildman–Crippen LogP) is -2.53. The van der Waals surface area contributed by atoms with E-state index < -0.39 is 20.9 Å². The van der Waals surface area contributed by atoms with E-state index in [-0.39, 0.29) is 53.5 Å². The second-order valence-electron chi connectivity index (χ2n) is 3.50. The number of hydrogen-bond acceptors (Lipinski definition) is 4. The van der Waals surface area contributed by atoms with Gasteiger partial charge in [0.2, 0.25) is 0 Å². The first-order valence-electron chi connectivity index (χ1n) is 4.32. The zero-order valence-electron chi connectivity index (χ0n) is 8.60. The minimum Gasteiger partial charge on any atom is -0.745 e. The van der Waals surface area contributed by atoms with E-state index in [0.29, 0.717) is 0 Å². The molecule has 1 aromatic rings. The summed E-state index contributed by atoms with van der Waals surface area (Å²) in [6.45, 7) is 0. The van der Waals surface area contributed by atoms with Gasteiger partial charge in [-0.2, -0.15) is 0 Å². The summed E-state index contributed by atoms with van der Waals surface area (Å²) in [6, 6.07) is 3.71. The van der Waals surface area contributed by atoms with E-state index in [2.05, 4.69) is 0 Å². The van der Waals surface area contributed by atoms with Gasteiger partial charge in [-0.1, -0.05) is 12.1 Å². The monoisotopic (exact) mass is 254 g/mol. The zero-order valence-corrected chi connectivity index (χ0v) is 11.4. The molecule has 0 saturated heterocycles. The van der Waals surface area contributed by atoms with E-state index in [1.807, 2.05) is 0 Å². The molecule has 1 aliphatic rings. The summed E-state index contributed by atoms with van der Waals surface area (Å²) in [5.41, 5.74) is -0.0167. The van der Waals surface area contributed by atoms with Gasteiger partial charge in [0.05, 0.1) is 0 Å². The van der Waals surface area contributed by atoms with Crippen LogP contribution < -0.4 is 29.6 Å². The summed E-state index contributed by atoms with van der Waals surface area (Å²) in [5.74, 6) is -0.591. The molecule has 16 heavy (non-hydrogen) atoms. The molecule has 2 rings (SSSR count). The van der Waals surface area contributed by atoms with Crippen molar-refractivity contribution in [2.24, 2.45) is 0 Å². The number of benzene rings is 1. The number of aliphatic hydroxyl groups is 1. The summed E-state index contributed by atoms with van der Waals surface area (Å²) in [4.78, 5) is -2.47. The Morgan fingerprint density at radius 1 is 1.44 bits per heavy atom. The van der Waals surface area contributed by atoms with Crippen LogP contribution in [0.1, 0.15) is 17.5 Å². The molecule has 0 bridgehead atoms. The van der Waals surface area contributed by atoms with Crippen LogP contribution in [-0.2, 0) is 21.5 Å². The van der Waals surface area contributed by atoms with Crippen LogP contribution in [0, 0.1) is 5.82 Å². The normalized spacial score (nSPS) is 23.7. The third kappa shape index (κ3) is 1.94. The zero-order chi connectivity index (χ0) is 11.3. The summed E-state index contributed by atoms with van der Waals surface area (Å²) in [7, 11) is -4.89. The van der Waals surface area contributed by atoms with Crippen LogP contribution >= 0.6 is 0 Å². The van der Waals surface area contributed by atoms with E-state index in [1.165, 1.54) is 18.2 Å². The molecule has 1 unspecified atom stereocenters. The van der Waals surface area contributed by atoms with Gasteiger partial charge in [-0.05, 0) is 24.5 Å². The van der Waals surface area contributed by atoms with Crippen LogP contribution in [0.15, 0.2) is 18.2 Å². The Labute approximate surface area is 115 Å². The van der Waals surface area contributed by atoms with Gasteiger partial charge in [0, 0.05) is 5.56 Å². The van der Waals surface area contributed by atoms with Crippen LogP contribution in [0.25, 0.3) is 0 Å². The van der Waals surface area contributed by atoms with Crippen molar-refractivity contribution in [3.05, 3.63) is 35.1 Å². The maximum atomic E-state index is 13.2. The van der Waals surface area contributed by atoms with Crippen molar-refractivity contribution < 1.29 is 52.0 Å². The van der Waals surface area contributed by atoms with Gasteiger partial charge in [-0.15, -0.1) is 0 Å². The third-order valence-corrected chi connectivity index (χ3v) is 3.92. The van der Waals surface area contributed by atoms with Crippen molar-refractivity contribution in [1.82, 2.24) is 0 Å². The SMILES string of the molecule is O=S(=O)([O-])C1(O)CCc2c(F)cccc21.[Na+]. The Morgan fingerprint density at radius 3 is 2.62 bits per heavy atom. The van der Waals surface area contributed by atoms with Crippen molar-refractivity contribution in [2.45, 2.75) is 17.8 Å². The molecule has 0 saturated carbocycles. The van der Waals surface area contributed by atoms with Gasteiger partial charge in [-0.25, -0.2) is 12.8 Å². The van der Waals surface area contributed by atoms with Gasteiger partial charge < -0.3 is 9.66 Å². The molecule has 7 heteroatoms. The van der Waals surface area contributed by atoms with Crippen molar-refractivity contribution >= 4 is 10.1 Å². The molecule has 0 radical (unpaired) electrons. The van der Waals surface area contributed by atoms with E-state index in [9.17, 15) is 22.5 Å². The van der Waals surface area contributed by atoms with Gasteiger partial charge in [0.25, 0.3) is 0 Å². The minimum atomic E-state index is -4.89. The quantitative estimate of drug-likeness (QED) is 0.443. The number of rotatable bonds is 1. The molecular formula is C9H8FNaO4S. The van der Waals surface area contributed by atoms with Crippen molar-refractivity contribution in [1.29, 1.82) is 0 Å². The smallest absolute Gasteiger partial charge is 0.745 e. The molecule has 0 fully saturated rings. The van der Waals surface area contributed by atoms with Gasteiger partial charge in [-0.3, -0.25) is 0 Å². The van der Waals surface area contributed by atoms with E-state index >= 15 is 0 Å². The summed E-state index contributed by atoms with van der Waals surface area (Å²) in [6.07, 6.45) is -0.227. The van der Waals surface area contributed by atoms with Crippen molar-refractivity contribution in [2.75, 3.05) is 0 Å². The van der Waals surface area contributed by atoms with E-state index in [4.69, 9.17) is 0 Å². The average Bonchev–Trinajstić information content (AvgIpc) is 2.46. The molecule has 82 valence electrons. The van der Waals surface area contributed by atoms with E-state index in [1.54, 1.807) is 0 Å². The molecule has 1 aromatic carbocycles. The molecular weight excluding hydrogens is 246 g/mol. The molecule has 0 heterocycles. The van der Waals surface area contributed by atoms with Crippen LogP contribution in [0.5, 0.6) is 0 Å². The standard InChI is InChI=1S/C9H9FO4S.Na/c10-8-3-1-2-7-6(8)4-5-9(7,11)15(12,13)14;/h1-3,11H,4-5H2,(H,12,13,14);/q;+1/p-1. The summed E-state index contributed by atoms with van der Waals surface area (Å²) < 4.78 is 45.9. The van der Waals surface area contributed by atoms with Gasteiger partial charge in [0.1, 0.15) is 15.9 Å². The fourth-order valence-electron chi connectivity index (χ4n) is 1.87. The Morgan fingerprint density at radius 2 is 2.06 bits per heavy atom. The largest absolute Gasteiger partial charge is 1.00 e. The molecule has 0 spiro atoms. The van der Waals surface area contributed by atoms with Gasteiger partial charge >= 0.3 is 29.6 Å². The Balaban J connectivity index is 0.00000128. The fourth-order valence-corrected chi connectivity index (χ4v) is 2.68. The number of fused-ring (bicyclic) bond motifs is 1. The second-order valence-corrected chi connectivity index (χ2v) is 5.09. The number of halogens is 1. The minimum absolute atomic E-state index is 0. The first kappa shape index (κ1) is 14.1. The van der Waals surface area contributed by atoms with Crippen molar-refractivity contribution in [3.8, 4) is 0 Å². The molecule has 0 aromatic heterocycles. The van der Waals surface area contributed by atoms with Crippen LogP contribution in [0.2, 0.25) is 0 Å². The molecule has 0 aliphatic heterocycles. The third-order valence-electron chi connectivity index (χ3n) is 2.67. The van der Waals surface area contributed by atoms with Crippen molar-refractivity contribution in [3.63, 3.8) is 0 Å². The first-order valence-corrected chi connectivity index (χ1v) is 5.73. The maximum absolute atomic E-state index is 13.2. The second kappa shape index (κ2) is 4.36. The van der Waals surface area contributed by atoms with Crippen LogP contribution in [0.4, 0.5) is 4.39 Å². The average molecular weight is 254 g/mol. The Bertz CT molecular complexity index is 516. The van der Waals surface area contributed by atoms with E-state index in [0.717, 1.165) is 0 Å². The van der Waals surface area contributed by atoms with Crippen LogP contribution in [0.3, 0.4) is 0 Å².